The van der Waals surface area contributed by atoms with Crippen LogP contribution in [0.1, 0.15) is 19.4 Å². The number of carbonyl (C=O) groups is 2. The Morgan fingerprint density at radius 2 is 1.62 bits per heavy atom. The molecule has 0 atom stereocenters. The third-order valence-electron chi connectivity index (χ3n) is 3.14. The van der Waals surface area contributed by atoms with Crippen LogP contribution in [-0.4, -0.2) is 36.9 Å². The topological polar surface area (TPSA) is 114 Å². The zero-order valence-electron chi connectivity index (χ0n) is 13.4. The number of nitro groups is 1. The minimum absolute atomic E-state index is 0.0504. The van der Waals surface area contributed by atoms with E-state index in [4.69, 9.17) is 18.9 Å². The summed E-state index contributed by atoms with van der Waals surface area (Å²) in [7, 11) is 2.56. The van der Waals surface area contributed by atoms with Crippen LogP contribution in [-0.2, 0) is 19.1 Å². The van der Waals surface area contributed by atoms with Gasteiger partial charge in [0.05, 0.1) is 25.2 Å². The van der Waals surface area contributed by atoms with Crippen LogP contribution < -0.4 is 9.47 Å². The molecule has 0 unspecified atom stereocenters. The summed E-state index contributed by atoms with van der Waals surface area (Å²) in [5.41, 5.74) is -0.446. The van der Waals surface area contributed by atoms with E-state index in [1.165, 1.54) is 40.2 Å². The summed E-state index contributed by atoms with van der Waals surface area (Å²) in [5, 5.41) is 11.0. The zero-order chi connectivity index (χ0) is 18.1. The molecule has 1 aliphatic heterocycles. The second kappa shape index (κ2) is 6.19. The third-order valence-corrected chi connectivity index (χ3v) is 3.14. The van der Waals surface area contributed by atoms with Gasteiger partial charge in [-0.3, -0.25) is 10.1 Å². The molecule has 24 heavy (non-hydrogen) atoms. The predicted molar refractivity (Wildman–Crippen MR) is 80.4 cm³/mol. The van der Waals surface area contributed by atoms with Gasteiger partial charge >= 0.3 is 17.6 Å². The smallest absolute Gasteiger partial charge is 0.348 e. The minimum atomic E-state index is -1.36. The van der Waals surface area contributed by atoms with Crippen LogP contribution >= 0.6 is 0 Å². The van der Waals surface area contributed by atoms with Crippen LogP contribution in [0.4, 0.5) is 5.69 Å². The number of ether oxygens (including phenoxy) is 4. The molecule has 0 radical (unpaired) electrons. The zero-order valence-corrected chi connectivity index (χ0v) is 13.4. The molecule has 1 saturated heterocycles. The first kappa shape index (κ1) is 17.3. The standard InChI is InChI=1S/C15H15NO8/c1-15(2)23-13(17)9(14(18)24-15)5-8-6-12(22-4)10(16(19)20)7-11(8)21-3/h5-7H,1-4H3. The fourth-order valence-electron chi connectivity index (χ4n) is 2.09. The molecule has 9 nitrogen and oxygen atoms in total. The van der Waals surface area contributed by atoms with Crippen molar-refractivity contribution >= 4 is 23.7 Å². The van der Waals surface area contributed by atoms with Gasteiger partial charge in [0.15, 0.2) is 5.75 Å². The normalized spacial score (nSPS) is 16.1. The summed E-state index contributed by atoms with van der Waals surface area (Å²) in [6.45, 7) is 2.85. The van der Waals surface area contributed by atoms with Crippen LogP contribution in [0.3, 0.4) is 0 Å². The lowest BCUT2D eigenvalue weighted by Crippen LogP contribution is -2.41. The molecule has 0 bridgehead atoms. The van der Waals surface area contributed by atoms with Crippen LogP contribution in [0.2, 0.25) is 0 Å². The Bertz CT molecular complexity index is 728. The van der Waals surface area contributed by atoms with E-state index in [2.05, 4.69) is 0 Å². The van der Waals surface area contributed by atoms with E-state index < -0.39 is 22.6 Å². The highest BCUT2D eigenvalue weighted by Crippen LogP contribution is 2.36. The molecule has 1 heterocycles. The van der Waals surface area contributed by atoms with Crippen molar-refractivity contribution in [2.75, 3.05) is 14.2 Å². The van der Waals surface area contributed by atoms with Gasteiger partial charge in [0, 0.05) is 19.4 Å². The first-order valence-corrected chi connectivity index (χ1v) is 6.77. The maximum atomic E-state index is 12.0. The SMILES string of the molecule is COc1cc([N+](=O)[O-])c(OC)cc1C=C1C(=O)OC(C)(C)OC1=O. The third kappa shape index (κ3) is 3.29. The van der Waals surface area contributed by atoms with Crippen molar-refractivity contribution in [2.45, 2.75) is 19.6 Å². The Hall–Kier alpha value is -3.10. The first-order chi connectivity index (χ1) is 11.2. The van der Waals surface area contributed by atoms with Crippen molar-refractivity contribution in [2.24, 2.45) is 0 Å². The molecule has 1 aromatic carbocycles. The van der Waals surface area contributed by atoms with Crippen LogP contribution in [0.25, 0.3) is 6.08 Å². The van der Waals surface area contributed by atoms with Crippen molar-refractivity contribution in [1.82, 2.24) is 0 Å². The van der Waals surface area contributed by atoms with Gasteiger partial charge in [0.2, 0.25) is 0 Å². The summed E-state index contributed by atoms with van der Waals surface area (Å²) in [4.78, 5) is 34.4. The molecule has 2 rings (SSSR count). The van der Waals surface area contributed by atoms with Crippen molar-refractivity contribution in [3.05, 3.63) is 33.4 Å². The Morgan fingerprint density at radius 1 is 1.08 bits per heavy atom. The Labute approximate surface area is 136 Å². The highest BCUT2D eigenvalue weighted by molar-refractivity contribution is 6.19. The summed E-state index contributed by atoms with van der Waals surface area (Å²) in [6.07, 6.45) is 1.17. The van der Waals surface area contributed by atoms with Gasteiger partial charge in [-0.1, -0.05) is 0 Å². The van der Waals surface area contributed by atoms with Gasteiger partial charge in [-0.2, -0.15) is 0 Å². The maximum Gasteiger partial charge on any atom is 0.348 e. The van der Waals surface area contributed by atoms with E-state index in [1.54, 1.807) is 0 Å². The number of rotatable bonds is 4. The summed E-state index contributed by atoms with van der Waals surface area (Å²) in [5.74, 6) is -3.06. The van der Waals surface area contributed by atoms with E-state index in [-0.39, 0.29) is 28.3 Å². The Balaban J connectivity index is 2.54. The molecule has 9 heteroatoms. The average Bonchev–Trinajstić information content (AvgIpc) is 2.48. The highest BCUT2D eigenvalue weighted by Gasteiger charge is 2.39. The van der Waals surface area contributed by atoms with Gasteiger partial charge in [-0.15, -0.1) is 0 Å². The molecule has 0 spiro atoms. The first-order valence-electron chi connectivity index (χ1n) is 6.77. The van der Waals surface area contributed by atoms with E-state index in [0.29, 0.717) is 0 Å². The van der Waals surface area contributed by atoms with Crippen LogP contribution in [0.15, 0.2) is 17.7 Å². The molecule has 1 aromatic rings. The second-order valence-corrected chi connectivity index (χ2v) is 5.26. The molecule has 0 aliphatic carbocycles. The fourth-order valence-corrected chi connectivity index (χ4v) is 2.09. The molecule has 0 saturated carbocycles. The van der Waals surface area contributed by atoms with Crippen LogP contribution in [0, 0.1) is 10.1 Å². The van der Waals surface area contributed by atoms with Crippen molar-refractivity contribution < 1.29 is 33.5 Å². The number of hydrogen-bond acceptors (Lipinski definition) is 8. The molecule has 0 N–H and O–H groups in total. The van der Waals surface area contributed by atoms with Gasteiger partial charge in [-0.25, -0.2) is 9.59 Å². The van der Waals surface area contributed by atoms with E-state index in [1.807, 2.05) is 0 Å². The number of nitrogens with zero attached hydrogens (tertiary/aromatic N) is 1. The molecule has 1 fully saturated rings. The summed E-state index contributed by atoms with van der Waals surface area (Å²) in [6, 6.07) is 2.42. The maximum absolute atomic E-state index is 12.0. The highest BCUT2D eigenvalue weighted by atomic mass is 16.7. The van der Waals surface area contributed by atoms with E-state index in [0.717, 1.165) is 6.07 Å². The summed E-state index contributed by atoms with van der Waals surface area (Å²) >= 11 is 0. The Morgan fingerprint density at radius 3 is 2.08 bits per heavy atom. The molecular formula is C15H15NO8. The lowest BCUT2D eigenvalue weighted by Gasteiger charge is -2.29. The number of benzene rings is 1. The predicted octanol–water partition coefficient (Wildman–Crippen LogP) is 1.83. The lowest BCUT2D eigenvalue weighted by molar-refractivity contribution is -0.385. The molecule has 0 aromatic heterocycles. The molecule has 1 aliphatic rings. The number of cyclic esters (lactones) is 2. The molecular weight excluding hydrogens is 322 g/mol. The number of nitro benzene ring substituents is 1. The molecule has 128 valence electrons. The largest absolute Gasteiger partial charge is 0.496 e. The molecule has 0 amide bonds. The number of methoxy groups -OCH3 is 2. The average molecular weight is 337 g/mol. The van der Waals surface area contributed by atoms with E-state index in [9.17, 15) is 19.7 Å². The number of carbonyl (C=O) groups excluding carboxylic acids is 2. The van der Waals surface area contributed by atoms with Gasteiger partial charge < -0.3 is 18.9 Å². The number of hydrogen-bond donors (Lipinski definition) is 0. The monoisotopic (exact) mass is 337 g/mol. The lowest BCUT2D eigenvalue weighted by atomic mass is 10.1. The summed E-state index contributed by atoms with van der Waals surface area (Å²) < 4.78 is 20.0. The van der Waals surface area contributed by atoms with Gasteiger partial charge in [0.1, 0.15) is 11.3 Å². The van der Waals surface area contributed by atoms with Crippen molar-refractivity contribution in [3.8, 4) is 11.5 Å². The fraction of sp³-hybridized carbons (Fsp3) is 0.333. The van der Waals surface area contributed by atoms with Gasteiger partial charge in [-0.05, 0) is 12.1 Å². The van der Waals surface area contributed by atoms with Crippen LogP contribution in [0.5, 0.6) is 11.5 Å². The van der Waals surface area contributed by atoms with Gasteiger partial charge in [0.25, 0.3) is 5.79 Å². The second-order valence-electron chi connectivity index (χ2n) is 5.26. The quantitative estimate of drug-likeness (QED) is 0.269. The van der Waals surface area contributed by atoms with Crippen molar-refractivity contribution in [1.29, 1.82) is 0 Å². The van der Waals surface area contributed by atoms with E-state index >= 15 is 0 Å². The van der Waals surface area contributed by atoms with Crippen molar-refractivity contribution in [3.63, 3.8) is 0 Å². The minimum Gasteiger partial charge on any atom is -0.496 e. The number of esters is 2. The Kier molecular flexibility index (Phi) is 4.45.